The van der Waals surface area contributed by atoms with Crippen LogP contribution in [0.3, 0.4) is 0 Å². The molecule has 0 spiro atoms. The molecule has 0 radical (unpaired) electrons. The number of hydrogen-bond donors (Lipinski definition) is 1. The van der Waals surface area contributed by atoms with Gasteiger partial charge in [-0.1, -0.05) is 70.1 Å². The fraction of sp³-hybridized carbons (Fsp3) is 0.556. The Balaban J connectivity index is 1.73. The Hall–Kier alpha value is -0.860. The van der Waals surface area contributed by atoms with E-state index in [0.29, 0.717) is 0 Å². The zero-order valence-electron chi connectivity index (χ0n) is 12.5. The maximum absolute atomic E-state index is 10.4. The van der Waals surface area contributed by atoms with Crippen LogP contribution in [-0.4, -0.2) is 5.11 Å². The first-order chi connectivity index (χ1) is 9.83. The highest BCUT2D eigenvalue weighted by Crippen LogP contribution is 2.32. The molecule has 1 nitrogen and oxygen atoms in total. The molecule has 0 aliphatic heterocycles. The van der Waals surface area contributed by atoms with Gasteiger partial charge in [0.05, 0.1) is 6.10 Å². The highest BCUT2D eigenvalue weighted by Gasteiger charge is 2.12. The van der Waals surface area contributed by atoms with Crippen LogP contribution in [0.15, 0.2) is 29.6 Å². The fourth-order valence-electron chi connectivity index (χ4n) is 2.71. The Morgan fingerprint density at radius 2 is 1.70 bits per heavy atom. The van der Waals surface area contributed by atoms with Crippen molar-refractivity contribution in [2.45, 2.75) is 64.4 Å². The lowest BCUT2D eigenvalue weighted by Gasteiger charge is -2.09. The summed E-state index contributed by atoms with van der Waals surface area (Å²) in [6.45, 7) is 2.25. The average molecular weight is 290 g/mol. The van der Waals surface area contributed by atoms with Crippen LogP contribution in [0.25, 0.3) is 10.1 Å². The second kappa shape index (κ2) is 8.43. The number of rotatable bonds is 9. The minimum absolute atomic E-state index is 0.290. The van der Waals surface area contributed by atoms with Crippen molar-refractivity contribution in [3.8, 4) is 0 Å². The lowest BCUT2D eigenvalue weighted by Crippen LogP contribution is -1.96. The van der Waals surface area contributed by atoms with Gasteiger partial charge in [0.2, 0.25) is 0 Å². The van der Waals surface area contributed by atoms with Crippen molar-refractivity contribution >= 4 is 21.4 Å². The van der Waals surface area contributed by atoms with Crippen molar-refractivity contribution in [1.82, 2.24) is 0 Å². The fourth-order valence-corrected chi connectivity index (χ4v) is 3.71. The molecular weight excluding hydrogens is 264 g/mol. The Morgan fingerprint density at radius 3 is 2.50 bits per heavy atom. The minimum Gasteiger partial charge on any atom is -0.388 e. The number of unbranched alkanes of at least 4 members (excludes halogenated alkanes) is 6. The summed E-state index contributed by atoms with van der Waals surface area (Å²) in [4.78, 5) is 0. The smallest absolute Gasteiger partial charge is 0.0804 e. The standard InChI is InChI=1S/C18H26OS/c1-2-3-4-5-6-7-8-12-17(19)16-14-20-18-13-10-9-11-15(16)18/h9-11,13-14,17,19H,2-8,12H2,1H3. The molecule has 0 fully saturated rings. The predicted molar refractivity (Wildman–Crippen MR) is 89.4 cm³/mol. The number of hydrogen-bond acceptors (Lipinski definition) is 2. The Labute approximate surface area is 126 Å². The lowest BCUT2D eigenvalue weighted by atomic mass is 10.0. The summed E-state index contributed by atoms with van der Waals surface area (Å²) < 4.78 is 1.28. The second-order valence-electron chi connectivity index (χ2n) is 5.61. The molecule has 2 rings (SSSR count). The third-order valence-corrected chi connectivity index (χ3v) is 4.93. The minimum atomic E-state index is -0.290. The van der Waals surface area contributed by atoms with Crippen LogP contribution >= 0.6 is 11.3 Å². The quantitative estimate of drug-likeness (QED) is 0.555. The molecule has 110 valence electrons. The van der Waals surface area contributed by atoms with Gasteiger partial charge in [0.1, 0.15) is 0 Å². The summed E-state index contributed by atoms with van der Waals surface area (Å²) in [6, 6.07) is 8.36. The average Bonchev–Trinajstić information content (AvgIpc) is 2.90. The van der Waals surface area contributed by atoms with E-state index >= 15 is 0 Å². The molecule has 1 aromatic carbocycles. The number of aliphatic hydroxyl groups is 1. The van der Waals surface area contributed by atoms with E-state index in [-0.39, 0.29) is 6.10 Å². The van der Waals surface area contributed by atoms with Crippen molar-refractivity contribution in [2.75, 3.05) is 0 Å². The van der Waals surface area contributed by atoms with E-state index in [2.05, 4.69) is 36.6 Å². The van der Waals surface area contributed by atoms with Gasteiger partial charge in [-0.2, -0.15) is 0 Å². The third-order valence-electron chi connectivity index (χ3n) is 3.95. The highest BCUT2D eigenvalue weighted by molar-refractivity contribution is 7.17. The number of benzene rings is 1. The van der Waals surface area contributed by atoms with E-state index in [1.54, 1.807) is 11.3 Å². The number of aliphatic hydroxyl groups excluding tert-OH is 1. The van der Waals surface area contributed by atoms with E-state index in [4.69, 9.17) is 0 Å². The molecule has 0 aliphatic rings. The summed E-state index contributed by atoms with van der Waals surface area (Å²) in [5, 5.41) is 13.7. The van der Waals surface area contributed by atoms with Crippen molar-refractivity contribution in [1.29, 1.82) is 0 Å². The zero-order valence-corrected chi connectivity index (χ0v) is 13.3. The Morgan fingerprint density at radius 1 is 1.00 bits per heavy atom. The molecule has 1 atom stereocenters. The Bertz CT molecular complexity index is 503. The molecule has 2 heteroatoms. The Kier molecular flexibility index (Phi) is 6.55. The molecule has 1 aromatic heterocycles. The summed E-state index contributed by atoms with van der Waals surface area (Å²) in [7, 11) is 0. The second-order valence-corrected chi connectivity index (χ2v) is 6.52. The van der Waals surface area contributed by atoms with Gasteiger partial charge in [0.25, 0.3) is 0 Å². The van der Waals surface area contributed by atoms with Crippen molar-refractivity contribution < 1.29 is 5.11 Å². The highest BCUT2D eigenvalue weighted by atomic mass is 32.1. The summed E-state index contributed by atoms with van der Waals surface area (Å²) >= 11 is 1.74. The lowest BCUT2D eigenvalue weighted by molar-refractivity contribution is 0.165. The van der Waals surface area contributed by atoms with Gasteiger partial charge >= 0.3 is 0 Å². The molecule has 1 N–H and O–H groups in total. The first-order valence-corrected chi connectivity index (χ1v) is 8.85. The van der Waals surface area contributed by atoms with Crippen LogP contribution in [0.2, 0.25) is 0 Å². The summed E-state index contributed by atoms with van der Waals surface area (Å²) in [5.41, 5.74) is 1.12. The molecular formula is C18H26OS. The first kappa shape index (κ1) is 15.5. The zero-order chi connectivity index (χ0) is 14.2. The molecule has 1 unspecified atom stereocenters. The van der Waals surface area contributed by atoms with E-state index < -0.39 is 0 Å². The molecule has 20 heavy (non-hydrogen) atoms. The maximum atomic E-state index is 10.4. The van der Waals surface area contributed by atoms with Gasteiger partial charge in [0.15, 0.2) is 0 Å². The van der Waals surface area contributed by atoms with Crippen LogP contribution < -0.4 is 0 Å². The molecule has 0 saturated heterocycles. The van der Waals surface area contributed by atoms with Crippen molar-refractivity contribution in [2.24, 2.45) is 0 Å². The van der Waals surface area contributed by atoms with Crippen LogP contribution in [0.1, 0.15) is 70.0 Å². The summed E-state index contributed by atoms with van der Waals surface area (Å²) in [6.07, 6.45) is 9.71. The molecule has 0 saturated carbocycles. The van der Waals surface area contributed by atoms with Crippen molar-refractivity contribution in [3.05, 3.63) is 35.2 Å². The van der Waals surface area contributed by atoms with E-state index in [9.17, 15) is 5.11 Å². The first-order valence-electron chi connectivity index (χ1n) is 7.97. The van der Waals surface area contributed by atoms with Crippen LogP contribution in [0, 0.1) is 0 Å². The number of thiophene rings is 1. The van der Waals surface area contributed by atoms with Crippen LogP contribution in [0.5, 0.6) is 0 Å². The third kappa shape index (κ3) is 4.32. The van der Waals surface area contributed by atoms with E-state index in [0.717, 1.165) is 18.4 Å². The largest absolute Gasteiger partial charge is 0.388 e. The van der Waals surface area contributed by atoms with Gasteiger partial charge in [-0.3, -0.25) is 0 Å². The van der Waals surface area contributed by atoms with Crippen LogP contribution in [-0.2, 0) is 0 Å². The van der Waals surface area contributed by atoms with Gasteiger partial charge < -0.3 is 5.11 Å². The topological polar surface area (TPSA) is 20.2 Å². The van der Waals surface area contributed by atoms with Crippen LogP contribution in [0.4, 0.5) is 0 Å². The maximum Gasteiger partial charge on any atom is 0.0804 e. The van der Waals surface area contributed by atoms with Gasteiger partial charge in [-0.05, 0) is 28.8 Å². The molecule has 0 bridgehead atoms. The predicted octanol–water partition coefficient (Wildman–Crippen LogP) is 6.08. The SMILES string of the molecule is CCCCCCCCCC(O)c1csc2ccccc12. The van der Waals surface area contributed by atoms with E-state index in [1.807, 2.05) is 0 Å². The van der Waals surface area contributed by atoms with Gasteiger partial charge in [0, 0.05) is 4.70 Å². The normalized spacial score (nSPS) is 12.9. The van der Waals surface area contributed by atoms with E-state index in [1.165, 1.54) is 48.6 Å². The van der Waals surface area contributed by atoms with Gasteiger partial charge in [-0.15, -0.1) is 11.3 Å². The monoisotopic (exact) mass is 290 g/mol. The molecule has 0 amide bonds. The van der Waals surface area contributed by atoms with Crippen molar-refractivity contribution in [3.63, 3.8) is 0 Å². The number of fused-ring (bicyclic) bond motifs is 1. The van der Waals surface area contributed by atoms with Gasteiger partial charge in [-0.25, -0.2) is 0 Å². The molecule has 2 aromatic rings. The molecule has 1 heterocycles. The summed E-state index contributed by atoms with van der Waals surface area (Å²) in [5.74, 6) is 0. The molecule has 0 aliphatic carbocycles.